The Morgan fingerprint density at radius 1 is 1.40 bits per heavy atom. The summed E-state index contributed by atoms with van der Waals surface area (Å²) in [4.78, 5) is 7.61. The van der Waals surface area contributed by atoms with E-state index in [1.54, 1.807) is 7.05 Å². The third-order valence-electron chi connectivity index (χ3n) is 3.41. The van der Waals surface area contributed by atoms with Gasteiger partial charge in [-0.15, -0.1) is 0 Å². The standard InChI is InChI=1S/C13H25F3N4/c1-12(2)5-7-20(9-12)11(17-3)18-6-8-19(4)10-13(14,15)16/h5-10H2,1-4H3,(H,17,18). The molecule has 0 unspecified atom stereocenters. The van der Waals surface area contributed by atoms with Crippen LogP contribution in [0, 0.1) is 5.41 Å². The number of likely N-dealkylation sites (N-methyl/N-ethyl adjacent to an activating group) is 1. The highest BCUT2D eigenvalue weighted by molar-refractivity contribution is 5.80. The van der Waals surface area contributed by atoms with E-state index in [2.05, 4.69) is 29.1 Å². The second kappa shape index (κ2) is 6.65. The fourth-order valence-corrected chi connectivity index (χ4v) is 2.37. The third-order valence-corrected chi connectivity index (χ3v) is 3.41. The van der Waals surface area contributed by atoms with E-state index in [1.165, 1.54) is 11.9 Å². The van der Waals surface area contributed by atoms with Crippen molar-refractivity contribution >= 4 is 5.96 Å². The molecular formula is C13H25F3N4. The van der Waals surface area contributed by atoms with Crippen LogP contribution in [0.1, 0.15) is 20.3 Å². The topological polar surface area (TPSA) is 30.9 Å². The highest BCUT2D eigenvalue weighted by Crippen LogP contribution is 2.28. The molecule has 1 rings (SSSR count). The molecule has 0 atom stereocenters. The number of rotatable bonds is 4. The van der Waals surface area contributed by atoms with E-state index >= 15 is 0 Å². The lowest BCUT2D eigenvalue weighted by molar-refractivity contribution is -0.142. The number of guanidine groups is 1. The predicted molar refractivity (Wildman–Crippen MR) is 74.9 cm³/mol. The second-order valence-corrected chi connectivity index (χ2v) is 6.16. The van der Waals surface area contributed by atoms with Gasteiger partial charge in [-0.3, -0.25) is 9.89 Å². The van der Waals surface area contributed by atoms with E-state index in [-0.39, 0.29) is 5.41 Å². The zero-order valence-electron chi connectivity index (χ0n) is 12.7. The fourth-order valence-electron chi connectivity index (χ4n) is 2.37. The Balaban J connectivity index is 2.33. The van der Waals surface area contributed by atoms with E-state index in [4.69, 9.17) is 0 Å². The number of alkyl halides is 3. The van der Waals surface area contributed by atoms with Crippen molar-refractivity contribution in [3.8, 4) is 0 Å². The van der Waals surface area contributed by atoms with E-state index < -0.39 is 12.7 Å². The summed E-state index contributed by atoms with van der Waals surface area (Å²) in [5.74, 6) is 0.774. The van der Waals surface area contributed by atoms with Gasteiger partial charge in [0.1, 0.15) is 0 Å². The molecule has 0 saturated carbocycles. The maximum Gasteiger partial charge on any atom is 0.401 e. The van der Waals surface area contributed by atoms with Crippen LogP contribution in [0.4, 0.5) is 13.2 Å². The molecule has 1 fully saturated rings. The van der Waals surface area contributed by atoms with Crippen LogP contribution < -0.4 is 5.32 Å². The van der Waals surface area contributed by atoms with Crippen LogP contribution in [0.2, 0.25) is 0 Å². The van der Waals surface area contributed by atoms with Gasteiger partial charge in [0.2, 0.25) is 0 Å². The number of hydrogen-bond acceptors (Lipinski definition) is 2. The van der Waals surface area contributed by atoms with Gasteiger partial charge in [0, 0.05) is 33.2 Å². The maximum atomic E-state index is 12.2. The SMILES string of the molecule is CN=C(NCCN(C)CC(F)(F)F)N1CCC(C)(C)C1. The minimum Gasteiger partial charge on any atom is -0.355 e. The molecular weight excluding hydrogens is 269 g/mol. The minimum atomic E-state index is -4.14. The summed E-state index contributed by atoms with van der Waals surface area (Å²) < 4.78 is 36.6. The zero-order valence-corrected chi connectivity index (χ0v) is 12.7. The Hall–Kier alpha value is -0.980. The van der Waals surface area contributed by atoms with E-state index in [0.29, 0.717) is 13.1 Å². The molecule has 0 aromatic carbocycles. The number of nitrogens with zero attached hydrogens (tertiary/aromatic N) is 3. The molecule has 0 radical (unpaired) electrons. The fraction of sp³-hybridized carbons (Fsp3) is 0.923. The van der Waals surface area contributed by atoms with Crippen molar-refractivity contribution < 1.29 is 13.2 Å². The summed E-state index contributed by atoms with van der Waals surface area (Å²) in [6.07, 6.45) is -3.04. The van der Waals surface area contributed by atoms with Gasteiger partial charge in [0.05, 0.1) is 6.54 Å². The van der Waals surface area contributed by atoms with Crippen molar-refractivity contribution in [3.63, 3.8) is 0 Å². The summed E-state index contributed by atoms with van der Waals surface area (Å²) in [7, 11) is 3.17. The molecule has 0 amide bonds. The van der Waals surface area contributed by atoms with Crippen LogP contribution in [-0.4, -0.2) is 68.8 Å². The van der Waals surface area contributed by atoms with Crippen LogP contribution in [0.5, 0.6) is 0 Å². The number of hydrogen-bond donors (Lipinski definition) is 1. The maximum absolute atomic E-state index is 12.2. The van der Waals surface area contributed by atoms with Crippen molar-refractivity contribution in [1.82, 2.24) is 15.1 Å². The van der Waals surface area contributed by atoms with Gasteiger partial charge in [0.25, 0.3) is 0 Å². The Kier molecular flexibility index (Phi) is 5.68. The average molecular weight is 294 g/mol. The summed E-state index contributed by atoms with van der Waals surface area (Å²) >= 11 is 0. The van der Waals surface area contributed by atoms with Crippen molar-refractivity contribution in [1.29, 1.82) is 0 Å². The molecule has 0 bridgehead atoms. The predicted octanol–water partition coefficient (Wildman–Crippen LogP) is 1.79. The largest absolute Gasteiger partial charge is 0.401 e. The van der Waals surface area contributed by atoms with Gasteiger partial charge in [0.15, 0.2) is 5.96 Å². The lowest BCUT2D eigenvalue weighted by Crippen LogP contribution is -2.44. The smallest absolute Gasteiger partial charge is 0.355 e. The van der Waals surface area contributed by atoms with Crippen molar-refractivity contribution in [3.05, 3.63) is 0 Å². The molecule has 1 saturated heterocycles. The van der Waals surface area contributed by atoms with Crippen LogP contribution in [0.15, 0.2) is 4.99 Å². The van der Waals surface area contributed by atoms with Crippen LogP contribution >= 0.6 is 0 Å². The van der Waals surface area contributed by atoms with E-state index in [1.807, 2.05) is 0 Å². The molecule has 118 valence electrons. The van der Waals surface area contributed by atoms with E-state index in [9.17, 15) is 13.2 Å². The highest BCUT2D eigenvalue weighted by Gasteiger charge is 2.31. The normalized spacial score (nSPS) is 19.8. The first-order valence-corrected chi connectivity index (χ1v) is 6.84. The van der Waals surface area contributed by atoms with Crippen LogP contribution in [0.3, 0.4) is 0 Å². The van der Waals surface area contributed by atoms with Crippen LogP contribution in [-0.2, 0) is 0 Å². The van der Waals surface area contributed by atoms with Crippen molar-refractivity contribution in [2.24, 2.45) is 10.4 Å². The molecule has 20 heavy (non-hydrogen) atoms. The second-order valence-electron chi connectivity index (χ2n) is 6.16. The summed E-state index contributed by atoms with van der Waals surface area (Å²) in [5.41, 5.74) is 0.269. The molecule has 4 nitrogen and oxygen atoms in total. The lowest BCUT2D eigenvalue weighted by Gasteiger charge is -2.25. The molecule has 1 N–H and O–H groups in total. The first-order chi connectivity index (χ1) is 9.13. The Morgan fingerprint density at radius 3 is 2.50 bits per heavy atom. The number of aliphatic imine (C=N–C) groups is 1. The zero-order chi connectivity index (χ0) is 15.4. The minimum absolute atomic E-state index is 0.269. The molecule has 0 aromatic rings. The molecule has 1 aliphatic rings. The average Bonchev–Trinajstić information content (AvgIpc) is 2.62. The molecule has 0 spiro atoms. The monoisotopic (exact) mass is 294 g/mol. The Morgan fingerprint density at radius 2 is 2.05 bits per heavy atom. The Labute approximate surface area is 119 Å². The van der Waals surface area contributed by atoms with Gasteiger partial charge in [-0.2, -0.15) is 13.2 Å². The first kappa shape index (κ1) is 17.1. The Bertz CT molecular complexity index is 339. The van der Waals surface area contributed by atoms with Crippen molar-refractivity contribution in [2.75, 3.05) is 46.8 Å². The highest BCUT2D eigenvalue weighted by atomic mass is 19.4. The van der Waals surface area contributed by atoms with Crippen molar-refractivity contribution in [2.45, 2.75) is 26.4 Å². The molecule has 1 heterocycles. The van der Waals surface area contributed by atoms with Gasteiger partial charge in [-0.05, 0) is 18.9 Å². The quantitative estimate of drug-likeness (QED) is 0.633. The van der Waals surface area contributed by atoms with Gasteiger partial charge in [-0.1, -0.05) is 13.8 Å². The number of likely N-dealkylation sites (tertiary alicyclic amines) is 1. The summed E-state index contributed by atoms with van der Waals surface area (Å²) in [6, 6.07) is 0. The molecule has 7 heteroatoms. The molecule has 1 aliphatic heterocycles. The van der Waals surface area contributed by atoms with Gasteiger partial charge >= 0.3 is 6.18 Å². The lowest BCUT2D eigenvalue weighted by atomic mass is 9.93. The first-order valence-electron chi connectivity index (χ1n) is 6.84. The summed E-state index contributed by atoms with van der Waals surface area (Å²) in [5, 5.41) is 3.13. The number of nitrogens with one attached hydrogen (secondary N) is 1. The summed E-state index contributed by atoms with van der Waals surface area (Å²) in [6.45, 7) is 6.17. The third kappa shape index (κ3) is 5.98. The van der Waals surface area contributed by atoms with Crippen LogP contribution in [0.25, 0.3) is 0 Å². The van der Waals surface area contributed by atoms with Gasteiger partial charge < -0.3 is 10.2 Å². The molecule has 0 aliphatic carbocycles. The van der Waals surface area contributed by atoms with E-state index in [0.717, 1.165) is 25.5 Å². The molecule has 0 aromatic heterocycles. The number of halogens is 3. The van der Waals surface area contributed by atoms with Gasteiger partial charge in [-0.25, -0.2) is 0 Å².